The average Bonchev–Trinajstić information content (AvgIpc) is 2.77. The lowest BCUT2D eigenvalue weighted by Gasteiger charge is -2.15. The third-order valence-corrected chi connectivity index (χ3v) is 3.32. The summed E-state index contributed by atoms with van der Waals surface area (Å²) in [6.45, 7) is 3.51. The summed E-state index contributed by atoms with van der Waals surface area (Å²) in [4.78, 5) is 26.2. The van der Waals surface area contributed by atoms with Gasteiger partial charge in [-0.3, -0.25) is 4.79 Å². The molecule has 0 radical (unpaired) electrons. The molecule has 3 N–H and O–H groups in total. The molecule has 0 aromatic carbocycles. The molecule has 94 valence electrons. The summed E-state index contributed by atoms with van der Waals surface area (Å²) in [5.74, 6) is -1.21. The molecule has 1 amide bonds. The van der Waals surface area contributed by atoms with E-state index in [0.717, 1.165) is 0 Å². The van der Waals surface area contributed by atoms with Crippen LogP contribution in [0.5, 0.6) is 0 Å². The first kappa shape index (κ1) is 13.6. The molecule has 1 rings (SSSR count). The number of thiazole rings is 1. The third kappa shape index (κ3) is 3.50. The lowest BCUT2D eigenvalue weighted by atomic mass is 10.3. The summed E-state index contributed by atoms with van der Waals surface area (Å²) in [6.07, 6.45) is 0. The molecule has 7 heteroatoms. The van der Waals surface area contributed by atoms with Gasteiger partial charge in [-0.1, -0.05) is 0 Å². The van der Waals surface area contributed by atoms with E-state index in [2.05, 4.69) is 15.6 Å². The quantitative estimate of drug-likeness (QED) is 0.719. The molecule has 0 aliphatic rings. The highest BCUT2D eigenvalue weighted by Crippen LogP contribution is 2.17. The van der Waals surface area contributed by atoms with Crippen LogP contribution in [-0.4, -0.2) is 35.1 Å². The monoisotopic (exact) mass is 257 g/mol. The van der Waals surface area contributed by atoms with Crippen molar-refractivity contribution in [2.75, 3.05) is 7.05 Å². The summed E-state index contributed by atoms with van der Waals surface area (Å²) in [7, 11) is 1.70. The predicted octanol–water partition coefficient (Wildman–Crippen LogP) is 0.626. The van der Waals surface area contributed by atoms with Crippen LogP contribution in [0.3, 0.4) is 0 Å². The Labute approximate surface area is 103 Å². The Hall–Kier alpha value is -1.47. The van der Waals surface area contributed by atoms with Crippen molar-refractivity contribution >= 4 is 23.2 Å². The molecular formula is C10H15N3O3S. The predicted molar refractivity (Wildman–Crippen MR) is 64.2 cm³/mol. The zero-order chi connectivity index (χ0) is 13.0. The fraction of sp³-hybridized carbons (Fsp3) is 0.500. The molecule has 0 spiro atoms. The molecule has 0 aliphatic heterocycles. The SMILES string of the molecule is CNC(C)C(=O)NC(C)c1nc(C(=O)O)cs1. The number of likely N-dealkylation sites (N-methyl/N-ethyl adjacent to an activating group) is 1. The Bertz CT molecular complexity index is 419. The number of carboxylic acids is 1. The summed E-state index contributed by atoms with van der Waals surface area (Å²) >= 11 is 1.22. The van der Waals surface area contributed by atoms with Gasteiger partial charge in [0.15, 0.2) is 5.69 Å². The van der Waals surface area contributed by atoms with E-state index in [4.69, 9.17) is 5.11 Å². The van der Waals surface area contributed by atoms with Crippen LogP contribution < -0.4 is 10.6 Å². The molecule has 2 unspecified atom stereocenters. The van der Waals surface area contributed by atoms with Crippen molar-refractivity contribution in [2.24, 2.45) is 0 Å². The molecule has 0 aliphatic carbocycles. The van der Waals surface area contributed by atoms with E-state index in [-0.39, 0.29) is 23.7 Å². The van der Waals surface area contributed by atoms with Gasteiger partial charge in [-0.05, 0) is 20.9 Å². The Morgan fingerprint density at radius 3 is 2.59 bits per heavy atom. The van der Waals surface area contributed by atoms with E-state index in [9.17, 15) is 9.59 Å². The van der Waals surface area contributed by atoms with Gasteiger partial charge < -0.3 is 15.7 Å². The number of nitrogens with zero attached hydrogens (tertiary/aromatic N) is 1. The van der Waals surface area contributed by atoms with Gasteiger partial charge in [0.25, 0.3) is 0 Å². The third-order valence-electron chi connectivity index (χ3n) is 2.30. The van der Waals surface area contributed by atoms with Gasteiger partial charge in [-0.25, -0.2) is 9.78 Å². The molecule has 17 heavy (non-hydrogen) atoms. The first-order valence-electron chi connectivity index (χ1n) is 5.12. The van der Waals surface area contributed by atoms with Crippen LogP contribution in [0.15, 0.2) is 5.38 Å². The molecule has 1 aromatic heterocycles. The molecule has 1 heterocycles. The zero-order valence-electron chi connectivity index (χ0n) is 9.85. The van der Waals surface area contributed by atoms with Crippen LogP contribution in [0.1, 0.15) is 35.4 Å². The molecule has 0 bridgehead atoms. The van der Waals surface area contributed by atoms with E-state index >= 15 is 0 Å². The van der Waals surface area contributed by atoms with Crippen LogP contribution in [-0.2, 0) is 4.79 Å². The molecule has 6 nitrogen and oxygen atoms in total. The number of rotatable bonds is 5. The topological polar surface area (TPSA) is 91.3 Å². The number of hydrogen-bond donors (Lipinski definition) is 3. The highest BCUT2D eigenvalue weighted by Gasteiger charge is 2.18. The maximum atomic E-state index is 11.6. The lowest BCUT2D eigenvalue weighted by Crippen LogP contribution is -2.41. The Kier molecular flexibility index (Phi) is 4.59. The average molecular weight is 257 g/mol. The van der Waals surface area contributed by atoms with Crippen molar-refractivity contribution in [3.05, 3.63) is 16.1 Å². The van der Waals surface area contributed by atoms with E-state index in [0.29, 0.717) is 5.01 Å². The zero-order valence-corrected chi connectivity index (χ0v) is 10.7. The summed E-state index contributed by atoms with van der Waals surface area (Å²) in [5, 5.41) is 16.4. The van der Waals surface area contributed by atoms with Crippen molar-refractivity contribution in [3.63, 3.8) is 0 Å². The summed E-state index contributed by atoms with van der Waals surface area (Å²) < 4.78 is 0. The molecule has 2 atom stereocenters. The van der Waals surface area contributed by atoms with Crippen molar-refractivity contribution in [1.82, 2.24) is 15.6 Å². The van der Waals surface area contributed by atoms with Gasteiger partial charge in [-0.15, -0.1) is 11.3 Å². The Morgan fingerprint density at radius 1 is 1.47 bits per heavy atom. The largest absolute Gasteiger partial charge is 0.476 e. The highest BCUT2D eigenvalue weighted by molar-refractivity contribution is 7.09. The van der Waals surface area contributed by atoms with Crippen molar-refractivity contribution in [2.45, 2.75) is 25.9 Å². The van der Waals surface area contributed by atoms with E-state index in [1.165, 1.54) is 16.7 Å². The number of carbonyl (C=O) groups excluding carboxylic acids is 1. The van der Waals surface area contributed by atoms with Crippen molar-refractivity contribution < 1.29 is 14.7 Å². The van der Waals surface area contributed by atoms with Crippen LogP contribution in [0.25, 0.3) is 0 Å². The maximum absolute atomic E-state index is 11.6. The Morgan fingerprint density at radius 2 is 2.12 bits per heavy atom. The number of carboxylic acid groups (broad SMARTS) is 1. The number of aromatic nitrogens is 1. The number of hydrogen-bond acceptors (Lipinski definition) is 5. The summed E-state index contributed by atoms with van der Waals surface area (Å²) in [6, 6.07) is -0.590. The maximum Gasteiger partial charge on any atom is 0.355 e. The van der Waals surface area contributed by atoms with E-state index in [1.807, 2.05) is 0 Å². The Balaban J connectivity index is 2.66. The van der Waals surface area contributed by atoms with Gasteiger partial charge in [0.2, 0.25) is 5.91 Å². The van der Waals surface area contributed by atoms with Gasteiger partial charge in [0, 0.05) is 5.38 Å². The van der Waals surface area contributed by atoms with E-state index in [1.54, 1.807) is 20.9 Å². The molecule has 0 fully saturated rings. The first-order chi connectivity index (χ1) is 7.95. The summed E-state index contributed by atoms with van der Waals surface area (Å²) in [5.41, 5.74) is 0.00719. The van der Waals surface area contributed by atoms with Crippen LogP contribution in [0, 0.1) is 0 Å². The minimum absolute atomic E-state index is 0.00719. The second kappa shape index (κ2) is 5.74. The van der Waals surface area contributed by atoms with E-state index < -0.39 is 5.97 Å². The fourth-order valence-electron chi connectivity index (χ4n) is 1.12. The number of carbonyl (C=O) groups is 2. The first-order valence-corrected chi connectivity index (χ1v) is 6.00. The smallest absolute Gasteiger partial charge is 0.355 e. The van der Waals surface area contributed by atoms with Gasteiger partial charge in [0.05, 0.1) is 12.1 Å². The van der Waals surface area contributed by atoms with Gasteiger partial charge >= 0.3 is 5.97 Å². The molecule has 0 saturated carbocycles. The second-order valence-electron chi connectivity index (χ2n) is 3.62. The number of amides is 1. The minimum Gasteiger partial charge on any atom is -0.476 e. The second-order valence-corrected chi connectivity index (χ2v) is 4.51. The lowest BCUT2D eigenvalue weighted by molar-refractivity contribution is -0.123. The molecule has 1 aromatic rings. The standard InChI is InChI=1S/C10H15N3O3S/c1-5(11-3)8(14)12-6(2)9-13-7(4-17-9)10(15)16/h4-6,11H,1-3H3,(H,12,14)(H,15,16). The molecular weight excluding hydrogens is 242 g/mol. The van der Waals surface area contributed by atoms with Crippen LogP contribution in [0.2, 0.25) is 0 Å². The highest BCUT2D eigenvalue weighted by atomic mass is 32.1. The van der Waals surface area contributed by atoms with Gasteiger partial charge in [-0.2, -0.15) is 0 Å². The minimum atomic E-state index is -1.06. The van der Waals surface area contributed by atoms with Crippen LogP contribution >= 0.6 is 11.3 Å². The number of nitrogens with one attached hydrogen (secondary N) is 2. The van der Waals surface area contributed by atoms with Gasteiger partial charge in [0.1, 0.15) is 5.01 Å². The molecule has 0 saturated heterocycles. The van der Waals surface area contributed by atoms with Crippen molar-refractivity contribution in [3.8, 4) is 0 Å². The number of aromatic carboxylic acids is 1. The fourth-order valence-corrected chi connectivity index (χ4v) is 1.92. The normalized spacial score (nSPS) is 14.1. The van der Waals surface area contributed by atoms with Crippen molar-refractivity contribution in [1.29, 1.82) is 0 Å². The van der Waals surface area contributed by atoms with Crippen LogP contribution in [0.4, 0.5) is 0 Å².